The van der Waals surface area contributed by atoms with Crippen molar-refractivity contribution in [2.24, 2.45) is 0 Å². The summed E-state index contributed by atoms with van der Waals surface area (Å²) in [7, 11) is -1.20. The molecule has 0 spiro atoms. The summed E-state index contributed by atoms with van der Waals surface area (Å²) >= 11 is 6.39. The number of rotatable bonds is 13. The molecule has 0 heterocycles. The molecule has 43 heavy (non-hydrogen) atoms. The standard InChI is InChI=1S/C32H38ClN3O6S/c1-4-29(32(38)34-24-12-8-9-13-24)35(21-23-11-10-14-26(19-23)41-2)31(37)22-36(25-17-18-30(42-3)28(33)20-25)43(39,40)27-15-6-5-7-16-27/h5-7,10-11,14-20,24,29H,4,8-9,12-13,21-22H2,1-3H3,(H,34,38)/t29-/m1/s1. The Bertz CT molecular complexity index is 1510. The van der Waals surface area contributed by atoms with Crippen LogP contribution in [0.3, 0.4) is 0 Å². The largest absolute Gasteiger partial charge is 0.497 e. The molecule has 0 bridgehead atoms. The van der Waals surface area contributed by atoms with Crippen LogP contribution in [0.5, 0.6) is 11.5 Å². The van der Waals surface area contributed by atoms with Crippen LogP contribution >= 0.6 is 11.6 Å². The van der Waals surface area contributed by atoms with E-state index in [9.17, 15) is 18.0 Å². The second kappa shape index (κ2) is 14.6. The molecular formula is C32H38ClN3O6S. The Labute approximate surface area is 258 Å². The SMILES string of the molecule is CC[C@H](C(=O)NC1CCCC1)N(Cc1cccc(OC)c1)C(=O)CN(c1ccc(OC)c(Cl)c1)S(=O)(=O)c1ccccc1. The molecule has 9 nitrogen and oxygen atoms in total. The molecule has 1 N–H and O–H groups in total. The third kappa shape index (κ3) is 7.80. The van der Waals surface area contributed by atoms with E-state index in [-0.39, 0.29) is 34.1 Å². The van der Waals surface area contributed by atoms with Crippen molar-refractivity contribution in [1.29, 1.82) is 0 Å². The van der Waals surface area contributed by atoms with Gasteiger partial charge in [0.25, 0.3) is 10.0 Å². The Hall–Kier alpha value is -3.76. The first kappa shape index (κ1) is 32.2. The van der Waals surface area contributed by atoms with Crippen molar-refractivity contribution in [3.8, 4) is 11.5 Å². The molecular weight excluding hydrogens is 590 g/mol. The second-order valence-corrected chi connectivity index (χ2v) is 12.7. The highest BCUT2D eigenvalue weighted by molar-refractivity contribution is 7.92. The van der Waals surface area contributed by atoms with Gasteiger partial charge in [-0.25, -0.2) is 8.42 Å². The Morgan fingerprint density at radius 2 is 1.70 bits per heavy atom. The smallest absolute Gasteiger partial charge is 0.264 e. The Morgan fingerprint density at radius 1 is 0.977 bits per heavy atom. The zero-order valence-corrected chi connectivity index (χ0v) is 26.2. The van der Waals surface area contributed by atoms with E-state index in [1.54, 1.807) is 43.5 Å². The maximum atomic E-state index is 14.3. The minimum atomic E-state index is -4.21. The number of nitrogens with one attached hydrogen (secondary N) is 1. The minimum absolute atomic E-state index is 0.0140. The van der Waals surface area contributed by atoms with Gasteiger partial charge in [-0.1, -0.05) is 61.7 Å². The molecule has 4 rings (SSSR count). The molecule has 0 aliphatic heterocycles. The lowest BCUT2D eigenvalue weighted by atomic mass is 10.1. The van der Waals surface area contributed by atoms with Crippen molar-refractivity contribution in [2.45, 2.75) is 62.6 Å². The van der Waals surface area contributed by atoms with Gasteiger partial charge in [0.15, 0.2) is 0 Å². The highest BCUT2D eigenvalue weighted by Gasteiger charge is 2.34. The maximum absolute atomic E-state index is 14.3. The molecule has 0 radical (unpaired) electrons. The fourth-order valence-corrected chi connectivity index (χ4v) is 6.99. The summed E-state index contributed by atoms with van der Waals surface area (Å²) in [6, 6.07) is 18.9. The summed E-state index contributed by atoms with van der Waals surface area (Å²) in [5.41, 5.74) is 0.928. The van der Waals surface area contributed by atoms with Crippen LogP contribution in [-0.2, 0) is 26.2 Å². The Morgan fingerprint density at radius 3 is 2.33 bits per heavy atom. The first-order chi connectivity index (χ1) is 20.7. The zero-order chi connectivity index (χ0) is 31.0. The van der Waals surface area contributed by atoms with Crippen LogP contribution in [0.4, 0.5) is 5.69 Å². The lowest BCUT2D eigenvalue weighted by Crippen LogP contribution is -2.53. The van der Waals surface area contributed by atoms with Crippen LogP contribution in [0, 0.1) is 0 Å². The number of amides is 2. The third-order valence-electron chi connectivity index (χ3n) is 7.61. The van der Waals surface area contributed by atoms with Crippen molar-refractivity contribution >= 4 is 39.1 Å². The molecule has 1 aliphatic carbocycles. The molecule has 11 heteroatoms. The predicted octanol–water partition coefficient (Wildman–Crippen LogP) is 5.42. The highest BCUT2D eigenvalue weighted by atomic mass is 35.5. The number of methoxy groups -OCH3 is 2. The van der Waals surface area contributed by atoms with Crippen molar-refractivity contribution in [1.82, 2.24) is 10.2 Å². The predicted molar refractivity (Wildman–Crippen MR) is 167 cm³/mol. The van der Waals surface area contributed by atoms with Gasteiger partial charge in [0.1, 0.15) is 24.1 Å². The third-order valence-corrected chi connectivity index (χ3v) is 9.69. The lowest BCUT2D eigenvalue weighted by molar-refractivity contribution is -0.140. The number of hydrogen-bond acceptors (Lipinski definition) is 6. The number of sulfonamides is 1. The van der Waals surface area contributed by atoms with Crippen LogP contribution in [-0.4, -0.2) is 58.0 Å². The number of anilines is 1. The fraction of sp³-hybridized carbons (Fsp3) is 0.375. The number of hydrogen-bond donors (Lipinski definition) is 1. The molecule has 1 fully saturated rings. The van der Waals surface area contributed by atoms with Crippen LogP contribution < -0.4 is 19.1 Å². The number of halogens is 1. The van der Waals surface area contributed by atoms with Gasteiger partial charge in [0, 0.05) is 12.6 Å². The quantitative estimate of drug-likeness (QED) is 0.271. The van der Waals surface area contributed by atoms with E-state index in [1.165, 1.54) is 36.3 Å². The van der Waals surface area contributed by atoms with Crippen molar-refractivity contribution in [3.05, 3.63) is 83.4 Å². The number of carbonyl (C=O) groups excluding carboxylic acids is 2. The van der Waals surface area contributed by atoms with Crippen LogP contribution in [0.25, 0.3) is 0 Å². The summed E-state index contributed by atoms with van der Waals surface area (Å²) in [4.78, 5) is 29.3. The number of nitrogens with zero attached hydrogens (tertiary/aromatic N) is 2. The number of ether oxygens (including phenoxy) is 2. The van der Waals surface area contributed by atoms with E-state index in [1.807, 2.05) is 19.1 Å². The average molecular weight is 628 g/mol. The monoisotopic (exact) mass is 627 g/mol. The number of carbonyl (C=O) groups is 2. The van der Waals surface area contributed by atoms with Gasteiger partial charge in [-0.3, -0.25) is 13.9 Å². The van der Waals surface area contributed by atoms with Gasteiger partial charge in [-0.2, -0.15) is 0 Å². The van der Waals surface area contributed by atoms with Gasteiger partial charge in [-0.15, -0.1) is 0 Å². The highest BCUT2D eigenvalue weighted by Crippen LogP contribution is 2.32. The molecule has 230 valence electrons. The van der Waals surface area contributed by atoms with Crippen LogP contribution in [0.15, 0.2) is 77.7 Å². The summed E-state index contributed by atoms with van der Waals surface area (Å²) in [5, 5.41) is 3.31. The summed E-state index contributed by atoms with van der Waals surface area (Å²) in [6.07, 6.45) is 4.23. The van der Waals surface area contributed by atoms with Crippen LogP contribution in [0.1, 0.15) is 44.6 Å². The normalized spacial score (nSPS) is 14.1. The van der Waals surface area contributed by atoms with Crippen molar-refractivity contribution in [2.75, 3.05) is 25.1 Å². The van der Waals surface area contributed by atoms with E-state index >= 15 is 0 Å². The number of benzene rings is 3. The lowest BCUT2D eigenvalue weighted by Gasteiger charge is -2.34. The molecule has 0 unspecified atom stereocenters. The summed E-state index contributed by atoms with van der Waals surface area (Å²) in [6.45, 7) is 1.36. The summed E-state index contributed by atoms with van der Waals surface area (Å²) in [5.74, 6) is 0.177. The first-order valence-electron chi connectivity index (χ1n) is 14.3. The Balaban J connectivity index is 1.74. The van der Waals surface area contributed by atoms with Crippen molar-refractivity contribution in [3.63, 3.8) is 0 Å². The first-order valence-corrected chi connectivity index (χ1v) is 16.1. The zero-order valence-electron chi connectivity index (χ0n) is 24.7. The van der Waals surface area contributed by atoms with E-state index in [2.05, 4.69) is 5.32 Å². The van der Waals surface area contributed by atoms with Crippen LogP contribution in [0.2, 0.25) is 5.02 Å². The molecule has 3 aromatic rings. The Kier molecular flexibility index (Phi) is 10.9. The second-order valence-electron chi connectivity index (χ2n) is 10.4. The molecule has 1 atom stereocenters. The minimum Gasteiger partial charge on any atom is -0.497 e. The van der Waals surface area contributed by atoms with E-state index < -0.39 is 28.5 Å². The molecule has 2 amide bonds. The van der Waals surface area contributed by atoms with E-state index in [4.69, 9.17) is 21.1 Å². The maximum Gasteiger partial charge on any atom is 0.264 e. The van der Waals surface area contributed by atoms with E-state index in [0.29, 0.717) is 17.9 Å². The van der Waals surface area contributed by atoms with Gasteiger partial charge >= 0.3 is 0 Å². The fourth-order valence-electron chi connectivity index (χ4n) is 5.31. The molecule has 0 saturated heterocycles. The van der Waals surface area contributed by atoms with Crippen molar-refractivity contribution < 1.29 is 27.5 Å². The molecule has 1 saturated carbocycles. The van der Waals surface area contributed by atoms with Gasteiger partial charge in [0.05, 0.1) is 29.8 Å². The summed E-state index contributed by atoms with van der Waals surface area (Å²) < 4.78 is 39.6. The molecule has 3 aromatic carbocycles. The van der Waals surface area contributed by atoms with Gasteiger partial charge in [-0.05, 0) is 67.3 Å². The molecule has 1 aliphatic rings. The topological polar surface area (TPSA) is 105 Å². The van der Waals surface area contributed by atoms with E-state index in [0.717, 1.165) is 35.6 Å². The average Bonchev–Trinajstić information content (AvgIpc) is 3.53. The van der Waals surface area contributed by atoms with Gasteiger partial charge in [0.2, 0.25) is 11.8 Å². The van der Waals surface area contributed by atoms with Gasteiger partial charge < -0.3 is 19.7 Å². The molecule has 0 aromatic heterocycles.